The van der Waals surface area contributed by atoms with Gasteiger partial charge in [0.05, 0.1) is 22.7 Å². The van der Waals surface area contributed by atoms with E-state index in [0.29, 0.717) is 16.3 Å². The summed E-state index contributed by atoms with van der Waals surface area (Å²) in [4.78, 5) is 17.5. The molecule has 1 heterocycles. The lowest BCUT2D eigenvalue weighted by molar-refractivity contribution is 0.326. The normalized spacial score (nSPS) is 16.0. The molecule has 0 unspecified atom stereocenters. The first kappa shape index (κ1) is 14.2. The van der Waals surface area contributed by atoms with E-state index in [1.807, 2.05) is 28.8 Å². The maximum atomic E-state index is 12.8. The van der Waals surface area contributed by atoms with Crippen molar-refractivity contribution < 1.29 is 0 Å². The van der Waals surface area contributed by atoms with Crippen molar-refractivity contribution in [2.75, 3.05) is 5.75 Å². The average Bonchev–Trinajstić information content (AvgIpc) is 2.54. The largest absolute Gasteiger partial charge is 0.284 e. The summed E-state index contributed by atoms with van der Waals surface area (Å²) in [6, 6.07) is 9.80. The van der Waals surface area contributed by atoms with E-state index < -0.39 is 0 Å². The van der Waals surface area contributed by atoms with Crippen molar-refractivity contribution >= 4 is 22.7 Å². The third-order valence-corrected chi connectivity index (χ3v) is 4.80. The van der Waals surface area contributed by atoms with Gasteiger partial charge in [-0.25, -0.2) is 4.98 Å². The van der Waals surface area contributed by atoms with Gasteiger partial charge in [0.15, 0.2) is 5.16 Å². The van der Waals surface area contributed by atoms with Gasteiger partial charge in [-0.3, -0.25) is 9.36 Å². The summed E-state index contributed by atoms with van der Waals surface area (Å²) in [6.45, 7) is 0. The van der Waals surface area contributed by atoms with E-state index in [9.17, 15) is 4.79 Å². The quantitative estimate of drug-likeness (QED) is 0.642. The summed E-state index contributed by atoms with van der Waals surface area (Å²) in [5.41, 5.74) is 0.753. The molecule has 0 bridgehead atoms. The van der Waals surface area contributed by atoms with Crippen molar-refractivity contribution in [3.8, 4) is 6.07 Å². The molecule has 0 N–H and O–H groups in total. The van der Waals surface area contributed by atoms with Crippen LogP contribution < -0.4 is 5.56 Å². The van der Waals surface area contributed by atoms with Gasteiger partial charge >= 0.3 is 0 Å². The van der Waals surface area contributed by atoms with E-state index in [2.05, 4.69) is 11.1 Å². The minimum atomic E-state index is 0.0351. The standard InChI is InChI=1S/C16H17N3OS/c17-10-11-21-16-18-14-9-5-4-8-13(14)15(20)19(16)12-6-2-1-3-7-12/h4-5,8-9,12H,1-3,6-7,11H2. The lowest BCUT2D eigenvalue weighted by atomic mass is 9.95. The molecule has 0 saturated heterocycles. The number of aromatic nitrogens is 2. The van der Waals surface area contributed by atoms with Crippen LogP contribution >= 0.6 is 11.8 Å². The molecule has 0 amide bonds. The van der Waals surface area contributed by atoms with E-state index >= 15 is 0 Å². The number of nitrogens with zero attached hydrogens (tertiary/aromatic N) is 3. The molecule has 1 aromatic heterocycles. The summed E-state index contributed by atoms with van der Waals surface area (Å²) < 4.78 is 1.84. The van der Waals surface area contributed by atoms with Gasteiger partial charge in [0, 0.05) is 6.04 Å². The summed E-state index contributed by atoms with van der Waals surface area (Å²) in [6.07, 6.45) is 5.62. The Morgan fingerprint density at radius 2 is 2.05 bits per heavy atom. The summed E-state index contributed by atoms with van der Waals surface area (Å²) in [7, 11) is 0. The first-order chi connectivity index (χ1) is 10.3. The van der Waals surface area contributed by atoms with Crippen LogP contribution in [0.5, 0.6) is 0 Å². The Kier molecular flexibility index (Phi) is 4.26. The lowest BCUT2D eigenvalue weighted by Gasteiger charge is -2.25. The van der Waals surface area contributed by atoms with Gasteiger partial charge in [0.2, 0.25) is 0 Å². The maximum Gasteiger partial charge on any atom is 0.262 e. The predicted molar refractivity (Wildman–Crippen MR) is 84.5 cm³/mol. The topological polar surface area (TPSA) is 58.7 Å². The molecule has 1 fully saturated rings. The van der Waals surface area contributed by atoms with Crippen LogP contribution in [0.25, 0.3) is 10.9 Å². The first-order valence-corrected chi connectivity index (χ1v) is 8.31. The molecule has 108 valence electrons. The van der Waals surface area contributed by atoms with Gasteiger partial charge in [-0.15, -0.1) is 0 Å². The number of thioether (sulfide) groups is 1. The van der Waals surface area contributed by atoms with Gasteiger partial charge < -0.3 is 0 Å². The molecule has 3 rings (SSSR count). The Labute approximate surface area is 127 Å². The number of rotatable bonds is 3. The molecule has 5 heteroatoms. The molecule has 1 aromatic carbocycles. The molecule has 21 heavy (non-hydrogen) atoms. The Morgan fingerprint density at radius 3 is 2.81 bits per heavy atom. The lowest BCUT2D eigenvalue weighted by Crippen LogP contribution is -2.29. The molecule has 2 aromatic rings. The Bertz CT molecular complexity index is 741. The highest BCUT2D eigenvalue weighted by Crippen LogP contribution is 2.30. The van der Waals surface area contributed by atoms with E-state index in [1.54, 1.807) is 0 Å². The van der Waals surface area contributed by atoms with Crippen LogP contribution in [0.1, 0.15) is 38.1 Å². The Hall–Kier alpha value is -1.80. The van der Waals surface area contributed by atoms with Crippen molar-refractivity contribution in [1.82, 2.24) is 9.55 Å². The molecule has 1 saturated carbocycles. The van der Waals surface area contributed by atoms with Crippen LogP contribution in [-0.4, -0.2) is 15.3 Å². The maximum absolute atomic E-state index is 12.8. The van der Waals surface area contributed by atoms with Crippen molar-refractivity contribution in [2.24, 2.45) is 0 Å². The highest BCUT2D eigenvalue weighted by Gasteiger charge is 2.21. The van der Waals surface area contributed by atoms with Crippen LogP contribution in [0, 0.1) is 11.3 Å². The molecule has 0 aliphatic heterocycles. The fourth-order valence-corrected chi connectivity index (χ4v) is 3.71. The molecule has 0 radical (unpaired) electrons. The van der Waals surface area contributed by atoms with Gasteiger partial charge in [-0.05, 0) is 25.0 Å². The molecule has 1 aliphatic rings. The predicted octanol–water partition coefficient (Wildman–Crippen LogP) is 3.52. The second-order valence-corrected chi connectivity index (χ2v) is 6.27. The monoisotopic (exact) mass is 299 g/mol. The number of para-hydroxylation sites is 1. The molecular weight excluding hydrogens is 282 g/mol. The van der Waals surface area contributed by atoms with Crippen LogP contribution in [0.2, 0.25) is 0 Å². The third-order valence-electron chi connectivity index (χ3n) is 3.98. The number of fused-ring (bicyclic) bond motifs is 1. The summed E-state index contributed by atoms with van der Waals surface area (Å²) >= 11 is 1.36. The minimum absolute atomic E-state index is 0.0351. The highest BCUT2D eigenvalue weighted by atomic mass is 32.2. The minimum Gasteiger partial charge on any atom is -0.284 e. The van der Waals surface area contributed by atoms with E-state index in [4.69, 9.17) is 5.26 Å². The first-order valence-electron chi connectivity index (χ1n) is 7.32. The van der Waals surface area contributed by atoms with Crippen molar-refractivity contribution in [1.29, 1.82) is 5.26 Å². The zero-order valence-electron chi connectivity index (χ0n) is 11.8. The molecular formula is C16H17N3OS. The molecule has 0 atom stereocenters. The smallest absolute Gasteiger partial charge is 0.262 e. The highest BCUT2D eigenvalue weighted by molar-refractivity contribution is 7.99. The van der Waals surface area contributed by atoms with Crippen molar-refractivity contribution in [2.45, 2.75) is 43.3 Å². The van der Waals surface area contributed by atoms with Crippen LogP contribution in [0.4, 0.5) is 0 Å². The fourth-order valence-electron chi connectivity index (χ4n) is 2.99. The van der Waals surface area contributed by atoms with E-state index in [1.165, 1.54) is 18.2 Å². The van der Waals surface area contributed by atoms with Crippen LogP contribution in [0.3, 0.4) is 0 Å². The molecule has 0 spiro atoms. The molecule has 4 nitrogen and oxygen atoms in total. The zero-order chi connectivity index (χ0) is 14.7. The van der Waals surface area contributed by atoms with E-state index in [-0.39, 0.29) is 11.6 Å². The fraction of sp³-hybridized carbons (Fsp3) is 0.438. The summed E-state index contributed by atoms with van der Waals surface area (Å²) in [5, 5.41) is 10.2. The second-order valence-electron chi connectivity index (χ2n) is 5.33. The van der Waals surface area contributed by atoms with Crippen molar-refractivity contribution in [3.63, 3.8) is 0 Å². The number of hydrogen-bond acceptors (Lipinski definition) is 4. The van der Waals surface area contributed by atoms with Gasteiger partial charge in [-0.2, -0.15) is 5.26 Å². The summed E-state index contributed by atoms with van der Waals surface area (Å²) in [5.74, 6) is 0.317. The third kappa shape index (κ3) is 2.81. The SMILES string of the molecule is N#CCSc1nc2ccccc2c(=O)n1C1CCCCC1. The second kappa shape index (κ2) is 6.31. The Balaban J connectivity index is 2.15. The number of benzene rings is 1. The van der Waals surface area contributed by atoms with Gasteiger partial charge in [0.1, 0.15) is 0 Å². The van der Waals surface area contributed by atoms with Crippen molar-refractivity contribution in [3.05, 3.63) is 34.6 Å². The average molecular weight is 299 g/mol. The molecule has 1 aliphatic carbocycles. The van der Waals surface area contributed by atoms with Gasteiger partial charge in [-0.1, -0.05) is 43.2 Å². The van der Waals surface area contributed by atoms with Crippen LogP contribution in [-0.2, 0) is 0 Å². The van der Waals surface area contributed by atoms with E-state index in [0.717, 1.165) is 31.2 Å². The van der Waals surface area contributed by atoms with Crippen LogP contribution in [0.15, 0.2) is 34.2 Å². The zero-order valence-corrected chi connectivity index (χ0v) is 12.6. The Morgan fingerprint density at radius 1 is 1.29 bits per heavy atom. The van der Waals surface area contributed by atoms with Gasteiger partial charge in [0.25, 0.3) is 5.56 Å². The number of hydrogen-bond donors (Lipinski definition) is 0. The number of nitriles is 1.